The molecular formula is C11H13ClF2N2O2. The first kappa shape index (κ1) is 14.6. The van der Waals surface area contributed by atoms with E-state index in [0.717, 1.165) is 6.20 Å². The van der Waals surface area contributed by atoms with E-state index in [2.05, 4.69) is 4.98 Å². The van der Waals surface area contributed by atoms with E-state index >= 15 is 0 Å². The molecule has 0 spiro atoms. The molecule has 0 saturated heterocycles. The summed E-state index contributed by atoms with van der Waals surface area (Å²) in [6.07, 6.45) is -1.90. The summed E-state index contributed by atoms with van der Waals surface area (Å²) in [5, 5.41) is 0. The van der Waals surface area contributed by atoms with Crippen LogP contribution >= 0.6 is 11.6 Å². The Bertz CT molecular complexity index is 441. The Balaban J connectivity index is 3.07. The van der Waals surface area contributed by atoms with Crippen molar-refractivity contribution >= 4 is 23.3 Å². The van der Waals surface area contributed by atoms with Crippen LogP contribution in [0.15, 0.2) is 6.20 Å². The molecule has 1 heterocycles. The van der Waals surface area contributed by atoms with Gasteiger partial charge in [-0.25, -0.2) is 8.78 Å². The fourth-order valence-electron chi connectivity index (χ4n) is 1.45. The average molecular weight is 279 g/mol. The van der Waals surface area contributed by atoms with E-state index in [1.54, 1.807) is 6.92 Å². The normalized spacial score (nSPS) is 10.7. The van der Waals surface area contributed by atoms with E-state index in [1.165, 1.54) is 0 Å². The summed E-state index contributed by atoms with van der Waals surface area (Å²) in [7, 11) is 0. The summed E-state index contributed by atoms with van der Waals surface area (Å²) in [4.78, 5) is 15.1. The Morgan fingerprint density at radius 3 is 2.78 bits per heavy atom. The zero-order valence-corrected chi connectivity index (χ0v) is 10.5. The highest BCUT2D eigenvalue weighted by molar-refractivity contribution is 6.17. The fraction of sp³-hybridized carbons (Fsp3) is 0.455. The van der Waals surface area contributed by atoms with Crippen molar-refractivity contribution < 1.29 is 18.3 Å². The third-order valence-electron chi connectivity index (χ3n) is 2.33. The lowest BCUT2D eigenvalue weighted by molar-refractivity contribution is -0.142. The topological polar surface area (TPSA) is 65.2 Å². The zero-order chi connectivity index (χ0) is 13.7. The van der Waals surface area contributed by atoms with Crippen LogP contribution in [0.25, 0.3) is 0 Å². The Kier molecular flexibility index (Phi) is 5.27. The minimum atomic E-state index is -2.73. The SMILES string of the molecule is CCOC(=O)Cc1ncc(C(F)F)c(N)c1CCl. The van der Waals surface area contributed by atoms with Gasteiger partial charge in [0.05, 0.1) is 30.2 Å². The lowest BCUT2D eigenvalue weighted by Gasteiger charge is -2.12. The average Bonchev–Trinajstić information content (AvgIpc) is 2.29. The first-order chi connectivity index (χ1) is 8.51. The van der Waals surface area contributed by atoms with Gasteiger partial charge in [0.25, 0.3) is 6.43 Å². The third-order valence-corrected chi connectivity index (χ3v) is 2.60. The van der Waals surface area contributed by atoms with Gasteiger partial charge in [-0.2, -0.15) is 0 Å². The number of ether oxygens (including phenoxy) is 1. The van der Waals surface area contributed by atoms with Gasteiger partial charge in [-0.15, -0.1) is 11.6 Å². The number of esters is 1. The van der Waals surface area contributed by atoms with Crippen LogP contribution in [0.2, 0.25) is 0 Å². The molecule has 1 rings (SSSR count). The van der Waals surface area contributed by atoms with Crippen LogP contribution in [0.5, 0.6) is 0 Å². The van der Waals surface area contributed by atoms with E-state index in [1.807, 2.05) is 0 Å². The summed E-state index contributed by atoms with van der Waals surface area (Å²) in [6, 6.07) is 0. The molecule has 0 aliphatic heterocycles. The molecule has 0 amide bonds. The highest BCUT2D eigenvalue weighted by Crippen LogP contribution is 2.29. The molecule has 0 fully saturated rings. The first-order valence-electron chi connectivity index (χ1n) is 5.27. The molecule has 0 radical (unpaired) electrons. The number of halogens is 3. The maximum atomic E-state index is 12.6. The molecule has 100 valence electrons. The Morgan fingerprint density at radius 2 is 2.28 bits per heavy atom. The Morgan fingerprint density at radius 1 is 1.61 bits per heavy atom. The number of rotatable bonds is 5. The molecule has 1 aromatic heterocycles. The van der Waals surface area contributed by atoms with Gasteiger partial charge in [0.2, 0.25) is 0 Å². The van der Waals surface area contributed by atoms with Crippen LogP contribution in [0.1, 0.15) is 30.2 Å². The van der Waals surface area contributed by atoms with Gasteiger partial charge < -0.3 is 10.5 Å². The lowest BCUT2D eigenvalue weighted by Crippen LogP contribution is -2.13. The maximum Gasteiger partial charge on any atom is 0.311 e. The van der Waals surface area contributed by atoms with Crippen LogP contribution < -0.4 is 5.73 Å². The number of alkyl halides is 3. The molecule has 7 heteroatoms. The van der Waals surface area contributed by atoms with Crippen LogP contribution in [0, 0.1) is 0 Å². The van der Waals surface area contributed by atoms with Gasteiger partial charge in [0.15, 0.2) is 0 Å². The molecule has 1 aromatic rings. The molecule has 0 unspecified atom stereocenters. The van der Waals surface area contributed by atoms with E-state index in [-0.39, 0.29) is 41.4 Å². The zero-order valence-electron chi connectivity index (χ0n) is 9.75. The van der Waals surface area contributed by atoms with Crippen molar-refractivity contribution in [2.75, 3.05) is 12.3 Å². The van der Waals surface area contributed by atoms with Crippen molar-refractivity contribution in [3.05, 3.63) is 23.0 Å². The molecule has 0 aromatic carbocycles. The van der Waals surface area contributed by atoms with Gasteiger partial charge in [-0.05, 0) is 6.92 Å². The number of carbonyl (C=O) groups excluding carboxylic acids is 1. The summed E-state index contributed by atoms with van der Waals surface area (Å²) >= 11 is 5.66. The number of anilines is 1. The molecule has 4 nitrogen and oxygen atoms in total. The van der Waals surface area contributed by atoms with Crippen molar-refractivity contribution in [2.24, 2.45) is 0 Å². The number of nitrogen functional groups attached to an aromatic ring is 1. The van der Waals surface area contributed by atoms with Gasteiger partial charge in [-0.3, -0.25) is 9.78 Å². The number of pyridine rings is 1. The number of hydrogen-bond acceptors (Lipinski definition) is 4. The minimum Gasteiger partial charge on any atom is -0.466 e. The van der Waals surface area contributed by atoms with Crippen molar-refractivity contribution in [2.45, 2.75) is 25.7 Å². The molecule has 0 bridgehead atoms. The Labute approximate surface area is 108 Å². The van der Waals surface area contributed by atoms with E-state index in [4.69, 9.17) is 22.1 Å². The molecular weight excluding hydrogens is 266 g/mol. The van der Waals surface area contributed by atoms with Crippen LogP contribution in [-0.2, 0) is 21.8 Å². The second-order valence-corrected chi connectivity index (χ2v) is 3.74. The monoisotopic (exact) mass is 278 g/mol. The predicted molar refractivity (Wildman–Crippen MR) is 63.5 cm³/mol. The number of hydrogen-bond donors (Lipinski definition) is 1. The van der Waals surface area contributed by atoms with Gasteiger partial charge in [-0.1, -0.05) is 0 Å². The lowest BCUT2D eigenvalue weighted by atomic mass is 10.1. The van der Waals surface area contributed by atoms with Crippen molar-refractivity contribution in [3.63, 3.8) is 0 Å². The second-order valence-electron chi connectivity index (χ2n) is 3.47. The molecule has 0 aliphatic rings. The third kappa shape index (κ3) is 3.29. The van der Waals surface area contributed by atoms with E-state index < -0.39 is 12.4 Å². The van der Waals surface area contributed by atoms with Gasteiger partial charge in [0, 0.05) is 17.4 Å². The first-order valence-corrected chi connectivity index (χ1v) is 5.80. The van der Waals surface area contributed by atoms with Crippen LogP contribution in [-0.4, -0.2) is 17.6 Å². The van der Waals surface area contributed by atoms with Gasteiger partial charge in [0.1, 0.15) is 0 Å². The number of carbonyl (C=O) groups is 1. The summed E-state index contributed by atoms with van der Waals surface area (Å²) in [5.41, 5.74) is 5.62. The fourth-order valence-corrected chi connectivity index (χ4v) is 1.75. The quantitative estimate of drug-likeness (QED) is 0.664. The van der Waals surface area contributed by atoms with Gasteiger partial charge >= 0.3 is 5.97 Å². The number of nitrogens with zero attached hydrogens (tertiary/aromatic N) is 1. The molecule has 0 aliphatic carbocycles. The second kappa shape index (κ2) is 6.49. The highest BCUT2D eigenvalue weighted by atomic mass is 35.5. The maximum absolute atomic E-state index is 12.6. The predicted octanol–water partition coefficient (Wildman–Crippen LogP) is 2.45. The number of aromatic nitrogens is 1. The van der Waals surface area contributed by atoms with E-state index in [0.29, 0.717) is 0 Å². The summed E-state index contributed by atoms with van der Waals surface area (Å²) in [6.45, 7) is 1.90. The molecule has 18 heavy (non-hydrogen) atoms. The van der Waals surface area contributed by atoms with Crippen molar-refractivity contribution in [1.29, 1.82) is 0 Å². The van der Waals surface area contributed by atoms with Crippen LogP contribution in [0.3, 0.4) is 0 Å². The van der Waals surface area contributed by atoms with Crippen molar-refractivity contribution in [1.82, 2.24) is 4.98 Å². The van der Waals surface area contributed by atoms with E-state index in [9.17, 15) is 13.6 Å². The largest absolute Gasteiger partial charge is 0.466 e. The highest BCUT2D eigenvalue weighted by Gasteiger charge is 2.19. The Hall–Kier alpha value is -1.43. The molecule has 0 atom stereocenters. The standard InChI is InChI=1S/C11H13ClF2N2O2/c1-2-18-9(17)3-8-6(4-12)10(15)7(5-16-8)11(13)14/h5,11H,2-4H2,1H3,(H2,15,16). The van der Waals surface area contributed by atoms with Crippen molar-refractivity contribution in [3.8, 4) is 0 Å². The molecule has 0 saturated carbocycles. The number of nitrogens with two attached hydrogens (primary N) is 1. The minimum absolute atomic E-state index is 0.0892. The smallest absolute Gasteiger partial charge is 0.311 e. The summed E-state index contributed by atoms with van der Waals surface area (Å²) < 4.78 is 30.0. The molecule has 2 N–H and O–H groups in total. The van der Waals surface area contributed by atoms with Crippen LogP contribution in [0.4, 0.5) is 14.5 Å². The summed E-state index contributed by atoms with van der Waals surface area (Å²) in [5.74, 6) is -0.589.